The normalized spacial score (nSPS) is 11.0. The number of hydrogen-bond acceptors (Lipinski definition) is 5. The number of aryl methyl sites for hydroxylation is 1. The van der Waals surface area contributed by atoms with Gasteiger partial charge >= 0.3 is 6.18 Å². The second-order valence-electron chi connectivity index (χ2n) is 5.59. The molecule has 0 fully saturated rings. The zero-order valence-electron chi connectivity index (χ0n) is 14.6. The van der Waals surface area contributed by atoms with Crippen molar-refractivity contribution in [2.24, 2.45) is 0 Å². The Kier molecular flexibility index (Phi) is 6.32. The number of rotatable bonds is 6. The molecule has 0 aliphatic carbocycles. The molecule has 27 heavy (non-hydrogen) atoms. The highest BCUT2D eigenvalue weighted by Gasteiger charge is 2.28. The molecule has 2 aromatic heterocycles. The maximum absolute atomic E-state index is 12.2. The number of nitrogens with zero attached hydrogens (tertiary/aromatic N) is 2. The van der Waals surface area contributed by atoms with Gasteiger partial charge in [-0.25, -0.2) is 9.97 Å². The van der Waals surface area contributed by atoms with Gasteiger partial charge in [0.2, 0.25) is 11.8 Å². The molecule has 0 saturated carbocycles. The number of alkyl halides is 3. The molecular formula is C17H17F3N4O3. The predicted octanol–water partition coefficient (Wildman–Crippen LogP) is 2.61. The number of anilines is 1. The molecule has 0 radical (unpaired) electrons. The summed E-state index contributed by atoms with van der Waals surface area (Å²) in [5, 5.41) is 5.15. The van der Waals surface area contributed by atoms with Crippen molar-refractivity contribution in [3.8, 4) is 5.88 Å². The fraction of sp³-hybridized carbons (Fsp3) is 0.294. The molecule has 0 aliphatic heterocycles. The maximum atomic E-state index is 12.2. The first kappa shape index (κ1) is 20.1. The summed E-state index contributed by atoms with van der Waals surface area (Å²) in [6.07, 6.45) is -3.05. The van der Waals surface area contributed by atoms with Crippen molar-refractivity contribution in [2.45, 2.75) is 26.6 Å². The van der Waals surface area contributed by atoms with Crippen LogP contribution in [0.1, 0.15) is 28.5 Å². The van der Waals surface area contributed by atoms with Crippen LogP contribution in [0.5, 0.6) is 5.88 Å². The molecule has 0 spiro atoms. The summed E-state index contributed by atoms with van der Waals surface area (Å²) in [6, 6.07) is 5.75. The number of aromatic nitrogens is 2. The lowest BCUT2D eigenvalue weighted by molar-refractivity contribution is -0.154. The van der Waals surface area contributed by atoms with Gasteiger partial charge in [-0.05, 0) is 24.6 Å². The average molecular weight is 382 g/mol. The quantitative estimate of drug-likeness (QED) is 0.801. The smallest absolute Gasteiger partial charge is 0.422 e. The second-order valence-corrected chi connectivity index (χ2v) is 5.59. The second kappa shape index (κ2) is 8.47. The summed E-state index contributed by atoms with van der Waals surface area (Å²) in [5.74, 6) is -0.608. The van der Waals surface area contributed by atoms with Crippen molar-refractivity contribution in [3.05, 3.63) is 47.3 Å². The van der Waals surface area contributed by atoms with Gasteiger partial charge in [-0.15, -0.1) is 0 Å². The number of ether oxygens (including phenoxy) is 1. The molecule has 0 aliphatic rings. The van der Waals surface area contributed by atoms with Crippen LogP contribution in [-0.4, -0.2) is 34.6 Å². The number of hydrogen-bond donors (Lipinski definition) is 2. The van der Waals surface area contributed by atoms with Crippen LogP contribution in [0.15, 0.2) is 30.5 Å². The van der Waals surface area contributed by atoms with Gasteiger partial charge in [0.1, 0.15) is 5.82 Å². The number of amides is 2. The van der Waals surface area contributed by atoms with Gasteiger partial charge in [0.25, 0.3) is 5.91 Å². The third kappa shape index (κ3) is 6.57. The van der Waals surface area contributed by atoms with Crippen molar-refractivity contribution in [3.63, 3.8) is 0 Å². The van der Waals surface area contributed by atoms with Crippen LogP contribution >= 0.6 is 0 Å². The zero-order valence-corrected chi connectivity index (χ0v) is 14.6. The van der Waals surface area contributed by atoms with Crippen molar-refractivity contribution in [2.75, 3.05) is 11.9 Å². The van der Waals surface area contributed by atoms with E-state index in [1.165, 1.54) is 37.4 Å². The SMILES string of the molecule is CC(=O)Nc1cc(C(=O)NCc2ccc(OCC(F)(F)F)nc2C)ccn1. The highest BCUT2D eigenvalue weighted by atomic mass is 19.4. The number of halogens is 3. The van der Waals surface area contributed by atoms with Crippen LogP contribution < -0.4 is 15.4 Å². The Morgan fingerprint density at radius 3 is 2.59 bits per heavy atom. The molecule has 144 valence electrons. The third-order valence-corrected chi connectivity index (χ3v) is 3.32. The first-order chi connectivity index (χ1) is 12.6. The van der Waals surface area contributed by atoms with Gasteiger partial charge in [-0.1, -0.05) is 6.07 Å². The Bertz CT molecular complexity index is 840. The van der Waals surface area contributed by atoms with Crippen LogP contribution in [0.2, 0.25) is 0 Å². The lowest BCUT2D eigenvalue weighted by Gasteiger charge is -2.11. The molecule has 2 amide bonds. The molecule has 2 rings (SSSR count). The summed E-state index contributed by atoms with van der Waals surface area (Å²) in [7, 11) is 0. The molecule has 0 bridgehead atoms. The summed E-state index contributed by atoms with van der Waals surface area (Å²) < 4.78 is 41.1. The largest absolute Gasteiger partial charge is 0.468 e. The molecular weight excluding hydrogens is 365 g/mol. The first-order valence-corrected chi connectivity index (χ1v) is 7.82. The number of carbonyl (C=O) groups excluding carboxylic acids is 2. The van der Waals surface area contributed by atoms with Gasteiger partial charge in [-0.2, -0.15) is 13.2 Å². The molecule has 2 N–H and O–H groups in total. The molecule has 2 heterocycles. The Morgan fingerprint density at radius 2 is 1.96 bits per heavy atom. The van der Waals surface area contributed by atoms with Gasteiger partial charge in [-0.3, -0.25) is 9.59 Å². The number of pyridine rings is 2. The number of nitrogens with one attached hydrogen (secondary N) is 2. The highest BCUT2D eigenvalue weighted by Crippen LogP contribution is 2.18. The van der Waals surface area contributed by atoms with E-state index in [0.29, 0.717) is 16.8 Å². The van der Waals surface area contributed by atoms with E-state index in [1.54, 1.807) is 6.92 Å². The molecule has 10 heteroatoms. The van der Waals surface area contributed by atoms with E-state index in [1.807, 2.05) is 0 Å². The van der Waals surface area contributed by atoms with Crippen molar-refractivity contribution in [1.82, 2.24) is 15.3 Å². The van der Waals surface area contributed by atoms with Crippen LogP contribution in [0, 0.1) is 6.92 Å². The van der Waals surface area contributed by atoms with E-state index in [4.69, 9.17) is 0 Å². The Morgan fingerprint density at radius 1 is 1.22 bits per heavy atom. The van der Waals surface area contributed by atoms with E-state index in [0.717, 1.165) is 0 Å². The summed E-state index contributed by atoms with van der Waals surface area (Å²) in [6.45, 7) is 1.62. The molecule has 2 aromatic rings. The van der Waals surface area contributed by atoms with Crippen LogP contribution in [0.3, 0.4) is 0 Å². The first-order valence-electron chi connectivity index (χ1n) is 7.82. The van der Waals surface area contributed by atoms with E-state index < -0.39 is 18.7 Å². The average Bonchev–Trinajstić information content (AvgIpc) is 2.58. The third-order valence-electron chi connectivity index (χ3n) is 3.32. The minimum atomic E-state index is -4.44. The van der Waals surface area contributed by atoms with Gasteiger partial charge in [0, 0.05) is 37.0 Å². The Labute approximate surface area is 153 Å². The fourth-order valence-corrected chi connectivity index (χ4v) is 2.09. The molecule has 7 nitrogen and oxygen atoms in total. The van der Waals surface area contributed by atoms with Gasteiger partial charge in [0.05, 0.1) is 0 Å². The summed E-state index contributed by atoms with van der Waals surface area (Å²) in [5.41, 5.74) is 1.35. The zero-order chi connectivity index (χ0) is 20.0. The lowest BCUT2D eigenvalue weighted by Crippen LogP contribution is -2.24. The van der Waals surface area contributed by atoms with E-state index in [2.05, 4.69) is 25.3 Å². The van der Waals surface area contributed by atoms with Gasteiger partial charge in [0.15, 0.2) is 6.61 Å². The minimum absolute atomic E-state index is 0.120. The van der Waals surface area contributed by atoms with E-state index >= 15 is 0 Å². The van der Waals surface area contributed by atoms with Crippen molar-refractivity contribution >= 4 is 17.6 Å². The van der Waals surface area contributed by atoms with Gasteiger partial charge < -0.3 is 15.4 Å². The van der Waals surface area contributed by atoms with E-state index in [-0.39, 0.29) is 24.1 Å². The van der Waals surface area contributed by atoms with Crippen molar-refractivity contribution in [1.29, 1.82) is 0 Å². The fourth-order valence-electron chi connectivity index (χ4n) is 2.09. The number of carbonyl (C=O) groups is 2. The highest BCUT2D eigenvalue weighted by molar-refractivity contribution is 5.96. The topological polar surface area (TPSA) is 93.2 Å². The van der Waals surface area contributed by atoms with Crippen LogP contribution in [-0.2, 0) is 11.3 Å². The summed E-state index contributed by atoms with van der Waals surface area (Å²) >= 11 is 0. The summed E-state index contributed by atoms with van der Waals surface area (Å²) in [4.78, 5) is 31.1. The Hall–Kier alpha value is -3.17. The predicted molar refractivity (Wildman–Crippen MR) is 90.2 cm³/mol. The maximum Gasteiger partial charge on any atom is 0.422 e. The monoisotopic (exact) mass is 382 g/mol. The molecule has 0 aromatic carbocycles. The molecule has 0 saturated heterocycles. The molecule has 0 unspecified atom stereocenters. The lowest BCUT2D eigenvalue weighted by atomic mass is 10.2. The van der Waals surface area contributed by atoms with Crippen molar-refractivity contribution < 1.29 is 27.5 Å². The standard InChI is InChI=1S/C17H17F3N4O3/c1-10-13(3-4-15(23-10)27-9-17(18,19)20)8-22-16(26)12-5-6-21-14(7-12)24-11(2)25/h3-7H,8-9H2,1-2H3,(H,22,26)(H,21,24,25). The van der Waals surface area contributed by atoms with Crippen LogP contribution in [0.25, 0.3) is 0 Å². The van der Waals surface area contributed by atoms with Crippen LogP contribution in [0.4, 0.5) is 19.0 Å². The Balaban J connectivity index is 1.98. The van der Waals surface area contributed by atoms with E-state index in [9.17, 15) is 22.8 Å². The molecule has 0 atom stereocenters. The minimum Gasteiger partial charge on any atom is -0.468 e.